The van der Waals surface area contributed by atoms with Gasteiger partial charge < -0.3 is 4.90 Å². The maximum atomic E-state index is 12.3. The lowest BCUT2D eigenvalue weighted by Gasteiger charge is -2.44. The van der Waals surface area contributed by atoms with Gasteiger partial charge in [0.15, 0.2) is 0 Å². The predicted molar refractivity (Wildman–Crippen MR) is 148 cm³/mol. The largest absolute Gasteiger partial charge is 0.361 e. The van der Waals surface area contributed by atoms with Crippen LogP contribution in [-0.4, -0.2) is 51.5 Å². The summed E-state index contributed by atoms with van der Waals surface area (Å²) in [5.74, 6) is -0.0949. The van der Waals surface area contributed by atoms with Crippen molar-refractivity contribution < 1.29 is 8.42 Å². The summed E-state index contributed by atoms with van der Waals surface area (Å²) >= 11 is 25.0. The van der Waals surface area contributed by atoms with Gasteiger partial charge in [-0.1, -0.05) is 70.7 Å². The fourth-order valence-electron chi connectivity index (χ4n) is 4.64. The van der Waals surface area contributed by atoms with Crippen molar-refractivity contribution in [1.29, 1.82) is 0 Å². The molecule has 4 rings (SSSR count). The molecule has 1 fully saturated rings. The SMILES string of the molecule is CS(=O)(=O)C[C@@H](CN1CCN(c2ccc(Cl)cc2Cl)[C@H](c2ccc(Cl)cc2)C1)c1ccc(Cl)cc1. The average Bonchev–Trinajstić information content (AvgIpc) is 2.79. The zero-order valence-corrected chi connectivity index (χ0v) is 23.0. The fraction of sp³-hybridized carbons (Fsp3) is 0.308. The van der Waals surface area contributed by atoms with Gasteiger partial charge in [0.25, 0.3) is 0 Å². The van der Waals surface area contributed by atoms with E-state index in [0.29, 0.717) is 33.2 Å². The summed E-state index contributed by atoms with van der Waals surface area (Å²) < 4.78 is 24.5. The van der Waals surface area contributed by atoms with Crippen LogP contribution in [0, 0.1) is 0 Å². The minimum Gasteiger partial charge on any atom is -0.361 e. The number of sulfone groups is 1. The molecule has 186 valence electrons. The fourth-order valence-corrected chi connectivity index (χ4v) is 6.44. The second-order valence-electron chi connectivity index (χ2n) is 8.96. The van der Waals surface area contributed by atoms with Gasteiger partial charge in [0.1, 0.15) is 9.84 Å². The van der Waals surface area contributed by atoms with Crippen LogP contribution in [0.2, 0.25) is 20.1 Å². The summed E-state index contributed by atoms with van der Waals surface area (Å²) in [5.41, 5.74) is 2.99. The van der Waals surface area contributed by atoms with Gasteiger partial charge in [-0.15, -0.1) is 0 Å². The normalized spacial score (nSPS) is 18.0. The van der Waals surface area contributed by atoms with E-state index in [0.717, 1.165) is 29.9 Å². The predicted octanol–water partition coefficient (Wildman–Crippen LogP) is 6.99. The molecule has 0 N–H and O–H groups in total. The van der Waals surface area contributed by atoms with Crippen molar-refractivity contribution in [3.63, 3.8) is 0 Å². The molecular formula is C26H26Cl4N2O2S. The smallest absolute Gasteiger partial charge is 0.148 e. The number of hydrogen-bond donors (Lipinski definition) is 0. The Morgan fingerprint density at radius 2 is 1.46 bits per heavy atom. The highest BCUT2D eigenvalue weighted by atomic mass is 35.5. The molecule has 0 amide bonds. The van der Waals surface area contributed by atoms with Gasteiger partial charge in [-0.05, 0) is 53.6 Å². The zero-order valence-electron chi connectivity index (χ0n) is 19.2. The highest BCUT2D eigenvalue weighted by Crippen LogP contribution is 2.37. The molecule has 0 bridgehead atoms. The van der Waals surface area contributed by atoms with Crippen LogP contribution in [0.5, 0.6) is 0 Å². The van der Waals surface area contributed by atoms with Crippen molar-refractivity contribution in [3.8, 4) is 0 Å². The summed E-state index contributed by atoms with van der Waals surface area (Å²) in [5, 5.41) is 2.49. The number of nitrogens with zero attached hydrogens (tertiary/aromatic N) is 2. The van der Waals surface area contributed by atoms with Crippen molar-refractivity contribution in [1.82, 2.24) is 4.90 Å². The average molecular weight is 572 g/mol. The van der Waals surface area contributed by atoms with E-state index in [2.05, 4.69) is 9.80 Å². The molecule has 1 saturated heterocycles. The Morgan fingerprint density at radius 1 is 0.857 bits per heavy atom. The molecule has 0 aliphatic carbocycles. The van der Waals surface area contributed by atoms with Crippen LogP contribution in [0.15, 0.2) is 66.7 Å². The lowest BCUT2D eigenvalue weighted by Crippen LogP contribution is -2.50. The van der Waals surface area contributed by atoms with Crippen LogP contribution in [0.4, 0.5) is 5.69 Å². The molecule has 2 atom stereocenters. The topological polar surface area (TPSA) is 40.6 Å². The van der Waals surface area contributed by atoms with Crippen molar-refractivity contribution in [3.05, 3.63) is 97.9 Å². The summed E-state index contributed by atoms with van der Waals surface area (Å²) in [6.45, 7) is 2.80. The Balaban J connectivity index is 1.63. The second-order valence-corrected chi connectivity index (χ2v) is 12.9. The number of rotatable bonds is 7. The van der Waals surface area contributed by atoms with Crippen LogP contribution in [-0.2, 0) is 9.84 Å². The molecule has 0 unspecified atom stereocenters. The molecule has 3 aromatic carbocycles. The maximum absolute atomic E-state index is 12.3. The van der Waals surface area contributed by atoms with E-state index in [4.69, 9.17) is 46.4 Å². The van der Waals surface area contributed by atoms with Crippen molar-refractivity contribution >= 4 is 61.9 Å². The molecule has 4 nitrogen and oxygen atoms in total. The molecule has 9 heteroatoms. The molecule has 1 aliphatic rings. The first kappa shape index (κ1) is 26.6. The molecule has 1 aliphatic heterocycles. The van der Waals surface area contributed by atoms with Crippen LogP contribution in [0.1, 0.15) is 23.1 Å². The minimum atomic E-state index is -3.18. The van der Waals surface area contributed by atoms with Gasteiger partial charge in [0.05, 0.1) is 22.5 Å². The molecule has 3 aromatic rings. The van der Waals surface area contributed by atoms with Crippen LogP contribution in [0.3, 0.4) is 0 Å². The third-order valence-corrected chi connectivity index (χ3v) is 8.31. The first-order chi connectivity index (χ1) is 16.6. The number of hydrogen-bond acceptors (Lipinski definition) is 4. The Kier molecular flexibility index (Phi) is 8.57. The molecule has 35 heavy (non-hydrogen) atoms. The van der Waals surface area contributed by atoms with Crippen LogP contribution >= 0.6 is 46.4 Å². The third-order valence-electron chi connectivity index (χ3n) is 6.26. The summed E-state index contributed by atoms with van der Waals surface area (Å²) in [4.78, 5) is 4.61. The highest BCUT2D eigenvalue weighted by molar-refractivity contribution is 7.90. The first-order valence-electron chi connectivity index (χ1n) is 11.2. The van der Waals surface area contributed by atoms with Gasteiger partial charge >= 0.3 is 0 Å². The van der Waals surface area contributed by atoms with E-state index in [1.54, 1.807) is 6.07 Å². The van der Waals surface area contributed by atoms with Gasteiger partial charge in [0.2, 0.25) is 0 Å². The molecule has 0 saturated carbocycles. The lowest BCUT2D eigenvalue weighted by atomic mass is 9.97. The Labute approximate surface area is 227 Å². The molecular weight excluding hydrogens is 546 g/mol. The standard InChI is InChI=1S/C26H26Cl4N2O2S/c1-35(33,34)17-20(18-2-6-21(27)7-3-18)15-31-12-13-32(25-11-10-23(29)14-24(25)30)26(16-31)19-4-8-22(28)9-5-19/h2-11,14,20,26H,12-13,15-17H2,1H3/t20-,26+/m1/s1. The third kappa shape index (κ3) is 7.06. The Morgan fingerprint density at radius 3 is 2.06 bits per heavy atom. The van der Waals surface area contributed by atoms with Gasteiger partial charge in [0, 0.05) is 53.4 Å². The quantitative estimate of drug-likeness (QED) is 0.306. The monoisotopic (exact) mass is 570 g/mol. The van der Waals surface area contributed by atoms with E-state index in [1.807, 2.05) is 60.7 Å². The maximum Gasteiger partial charge on any atom is 0.148 e. The van der Waals surface area contributed by atoms with Gasteiger partial charge in [-0.25, -0.2) is 8.42 Å². The van der Waals surface area contributed by atoms with Crippen molar-refractivity contribution in [2.45, 2.75) is 12.0 Å². The highest BCUT2D eigenvalue weighted by Gasteiger charge is 2.31. The lowest BCUT2D eigenvalue weighted by molar-refractivity contribution is 0.214. The van der Waals surface area contributed by atoms with Gasteiger partial charge in [-0.2, -0.15) is 0 Å². The summed E-state index contributed by atoms with van der Waals surface area (Å²) in [7, 11) is -3.18. The van der Waals surface area contributed by atoms with E-state index >= 15 is 0 Å². The summed E-state index contributed by atoms with van der Waals surface area (Å²) in [6.07, 6.45) is 1.28. The number of benzene rings is 3. The molecule has 0 radical (unpaired) electrons. The van der Waals surface area contributed by atoms with Crippen LogP contribution in [0.25, 0.3) is 0 Å². The van der Waals surface area contributed by atoms with E-state index in [-0.39, 0.29) is 17.7 Å². The van der Waals surface area contributed by atoms with Crippen molar-refractivity contribution in [2.24, 2.45) is 0 Å². The second kappa shape index (κ2) is 11.3. The Hall–Kier alpha value is -1.47. The van der Waals surface area contributed by atoms with E-state index in [9.17, 15) is 8.42 Å². The number of anilines is 1. The molecule has 0 aromatic heterocycles. The number of piperazine rings is 1. The first-order valence-corrected chi connectivity index (χ1v) is 14.8. The number of halogens is 4. The molecule has 1 heterocycles. The Bertz CT molecular complexity index is 1270. The van der Waals surface area contributed by atoms with Crippen molar-refractivity contribution in [2.75, 3.05) is 43.1 Å². The summed E-state index contributed by atoms with van der Waals surface area (Å²) in [6, 6.07) is 20.8. The zero-order chi connectivity index (χ0) is 25.2. The van der Waals surface area contributed by atoms with E-state index in [1.165, 1.54) is 6.26 Å². The van der Waals surface area contributed by atoms with E-state index < -0.39 is 9.84 Å². The van der Waals surface area contributed by atoms with Gasteiger partial charge in [-0.3, -0.25) is 4.90 Å². The molecule has 0 spiro atoms. The van der Waals surface area contributed by atoms with Crippen LogP contribution < -0.4 is 4.90 Å². The minimum absolute atomic E-state index is 0.00351.